The Kier molecular flexibility index (Phi) is 5.88. The zero-order valence-corrected chi connectivity index (χ0v) is 12.9. The number of guanidine groups is 1. The Hall–Kier alpha value is -2.44. The van der Waals surface area contributed by atoms with Crippen LogP contribution in [-0.2, 0) is 20.0 Å². The number of nitrogens with one attached hydrogen (secondary N) is 2. The van der Waals surface area contributed by atoms with Crippen LogP contribution in [0.3, 0.4) is 0 Å². The first kappa shape index (κ1) is 15.9. The number of aliphatic imine (C=N–C) groups is 1. The van der Waals surface area contributed by atoms with Crippen LogP contribution in [0.1, 0.15) is 18.3 Å². The number of aryl methyl sites for hydroxylation is 1. The van der Waals surface area contributed by atoms with Gasteiger partial charge in [0.15, 0.2) is 5.96 Å². The van der Waals surface area contributed by atoms with Gasteiger partial charge in [0.1, 0.15) is 24.5 Å². The van der Waals surface area contributed by atoms with Gasteiger partial charge in [-0.3, -0.25) is 4.68 Å². The fourth-order valence-electron chi connectivity index (χ4n) is 1.97. The monoisotopic (exact) mass is 304 g/mol. The Balaban J connectivity index is 1.89. The lowest BCUT2D eigenvalue weighted by Gasteiger charge is -2.11. The molecule has 0 unspecified atom stereocenters. The van der Waals surface area contributed by atoms with Gasteiger partial charge < -0.3 is 10.6 Å². The topological polar surface area (TPSA) is 67.1 Å². The van der Waals surface area contributed by atoms with Crippen molar-refractivity contribution in [2.24, 2.45) is 12.0 Å². The minimum absolute atomic E-state index is 0.176. The molecule has 2 rings (SSSR count). The number of rotatable bonds is 6. The van der Waals surface area contributed by atoms with Crippen LogP contribution in [-0.4, -0.2) is 33.8 Å². The number of aromatic nitrogens is 3. The summed E-state index contributed by atoms with van der Waals surface area (Å²) in [6, 6.07) is 6.80. The summed E-state index contributed by atoms with van der Waals surface area (Å²) in [5.41, 5.74) is 0.694. The predicted octanol–water partition coefficient (Wildman–Crippen LogP) is 1.25. The van der Waals surface area contributed by atoms with Crippen molar-refractivity contribution in [3.05, 3.63) is 47.8 Å². The third kappa shape index (κ3) is 4.54. The Bertz CT molecular complexity index is 622. The van der Waals surface area contributed by atoms with Crippen LogP contribution >= 0.6 is 0 Å². The molecule has 0 spiro atoms. The van der Waals surface area contributed by atoms with Crippen molar-refractivity contribution in [3.8, 4) is 0 Å². The van der Waals surface area contributed by atoms with E-state index in [-0.39, 0.29) is 5.82 Å². The van der Waals surface area contributed by atoms with E-state index in [2.05, 4.69) is 25.7 Å². The molecule has 2 aromatic rings. The van der Waals surface area contributed by atoms with Crippen molar-refractivity contribution in [1.82, 2.24) is 25.4 Å². The average molecular weight is 304 g/mol. The molecule has 1 heterocycles. The molecule has 0 saturated heterocycles. The fraction of sp³-hybridized carbons (Fsp3) is 0.400. The van der Waals surface area contributed by atoms with Gasteiger partial charge in [-0.25, -0.2) is 14.4 Å². The van der Waals surface area contributed by atoms with E-state index in [1.807, 2.05) is 20.0 Å². The second-order valence-corrected chi connectivity index (χ2v) is 4.76. The largest absolute Gasteiger partial charge is 0.357 e. The summed E-state index contributed by atoms with van der Waals surface area (Å²) in [6.07, 6.45) is 2.10. The summed E-state index contributed by atoms with van der Waals surface area (Å²) in [5, 5.41) is 10.4. The van der Waals surface area contributed by atoms with Gasteiger partial charge in [0.2, 0.25) is 0 Å². The highest BCUT2D eigenvalue weighted by molar-refractivity contribution is 5.79. The molecule has 118 valence electrons. The molecule has 0 radical (unpaired) electrons. The van der Waals surface area contributed by atoms with Crippen molar-refractivity contribution in [1.29, 1.82) is 0 Å². The number of hydrogen-bond donors (Lipinski definition) is 2. The van der Waals surface area contributed by atoms with Crippen LogP contribution in [0, 0.1) is 5.82 Å². The van der Waals surface area contributed by atoms with Crippen LogP contribution in [0.15, 0.2) is 35.6 Å². The Morgan fingerprint density at radius 2 is 2.14 bits per heavy atom. The summed E-state index contributed by atoms with van der Waals surface area (Å²) in [6.45, 7) is 3.79. The van der Waals surface area contributed by atoms with E-state index in [0.29, 0.717) is 31.0 Å². The molecule has 0 aliphatic carbocycles. The molecule has 7 heteroatoms. The lowest BCUT2D eigenvalue weighted by molar-refractivity contribution is 0.606. The van der Waals surface area contributed by atoms with Gasteiger partial charge in [-0.2, -0.15) is 5.10 Å². The van der Waals surface area contributed by atoms with Crippen molar-refractivity contribution in [3.63, 3.8) is 0 Å². The van der Waals surface area contributed by atoms with E-state index in [4.69, 9.17) is 0 Å². The zero-order valence-electron chi connectivity index (χ0n) is 12.9. The molecule has 0 atom stereocenters. The van der Waals surface area contributed by atoms with Gasteiger partial charge in [0.25, 0.3) is 0 Å². The molecule has 0 aliphatic heterocycles. The third-order valence-corrected chi connectivity index (χ3v) is 3.17. The van der Waals surface area contributed by atoms with E-state index >= 15 is 0 Å². The Labute approximate surface area is 129 Å². The van der Waals surface area contributed by atoms with Crippen molar-refractivity contribution < 1.29 is 4.39 Å². The molecular weight excluding hydrogens is 283 g/mol. The van der Waals surface area contributed by atoms with Gasteiger partial charge >= 0.3 is 0 Å². The maximum atomic E-state index is 13.5. The number of nitrogens with zero attached hydrogens (tertiary/aromatic N) is 4. The second kappa shape index (κ2) is 8.11. The van der Waals surface area contributed by atoms with Crippen molar-refractivity contribution >= 4 is 5.96 Å². The molecule has 0 saturated carbocycles. The molecule has 22 heavy (non-hydrogen) atoms. The van der Waals surface area contributed by atoms with Gasteiger partial charge in [-0.15, -0.1) is 0 Å². The highest BCUT2D eigenvalue weighted by atomic mass is 19.1. The normalized spacial score (nSPS) is 11.5. The average Bonchev–Trinajstić information content (AvgIpc) is 2.92. The first-order valence-corrected chi connectivity index (χ1v) is 7.29. The maximum Gasteiger partial charge on any atom is 0.191 e. The summed E-state index contributed by atoms with van der Waals surface area (Å²) in [4.78, 5) is 8.57. The Morgan fingerprint density at radius 1 is 1.32 bits per heavy atom. The van der Waals surface area contributed by atoms with Gasteiger partial charge in [0.05, 0.1) is 0 Å². The van der Waals surface area contributed by atoms with Gasteiger partial charge in [0, 0.05) is 20.1 Å². The minimum atomic E-state index is -0.176. The first-order chi connectivity index (χ1) is 10.7. The van der Waals surface area contributed by atoms with E-state index in [1.165, 1.54) is 12.4 Å². The van der Waals surface area contributed by atoms with Crippen LogP contribution < -0.4 is 10.6 Å². The molecule has 0 aliphatic rings. The third-order valence-electron chi connectivity index (χ3n) is 3.17. The summed E-state index contributed by atoms with van der Waals surface area (Å²) in [5.74, 6) is 1.29. The molecular formula is C15H21FN6. The number of hydrogen-bond acceptors (Lipinski definition) is 3. The van der Waals surface area contributed by atoms with Crippen LogP contribution in [0.2, 0.25) is 0 Å². The van der Waals surface area contributed by atoms with E-state index < -0.39 is 0 Å². The molecule has 0 bridgehead atoms. The van der Waals surface area contributed by atoms with E-state index in [1.54, 1.807) is 16.8 Å². The SMILES string of the molecule is CCNC(=NCc1ncnn1C)NCCc1ccccc1F. The zero-order chi connectivity index (χ0) is 15.8. The summed E-state index contributed by atoms with van der Waals surface area (Å²) >= 11 is 0. The summed E-state index contributed by atoms with van der Waals surface area (Å²) < 4.78 is 15.2. The standard InChI is InChI=1S/C15H21FN6/c1-3-17-15(19-10-14-20-11-21-22(14)2)18-9-8-12-6-4-5-7-13(12)16/h4-7,11H,3,8-10H2,1-2H3,(H2,17,18,19). The summed E-state index contributed by atoms with van der Waals surface area (Å²) in [7, 11) is 1.83. The molecule has 1 aromatic carbocycles. The molecule has 0 amide bonds. The Morgan fingerprint density at radius 3 is 2.82 bits per heavy atom. The van der Waals surface area contributed by atoms with Gasteiger partial charge in [-0.05, 0) is 25.0 Å². The van der Waals surface area contributed by atoms with Crippen LogP contribution in [0.5, 0.6) is 0 Å². The first-order valence-electron chi connectivity index (χ1n) is 7.29. The molecule has 2 N–H and O–H groups in total. The number of halogens is 1. The van der Waals surface area contributed by atoms with E-state index in [0.717, 1.165) is 12.4 Å². The molecule has 6 nitrogen and oxygen atoms in total. The van der Waals surface area contributed by atoms with E-state index in [9.17, 15) is 4.39 Å². The van der Waals surface area contributed by atoms with Crippen molar-refractivity contribution in [2.45, 2.75) is 19.9 Å². The highest BCUT2D eigenvalue weighted by Gasteiger charge is 2.03. The lowest BCUT2D eigenvalue weighted by Crippen LogP contribution is -2.38. The number of benzene rings is 1. The van der Waals surface area contributed by atoms with Crippen LogP contribution in [0.4, 0.5) is 4.39 Å². The lowest BCUT2D eigenvalue weighted by atomic mass is 10.1. The molecule has 1 aromatic heterocycles. The second-order valence-electron chi connectivity index (χ2n) is 4.76. The highest BCUT2D eigenvalue weighted by Crippen LogP contribution is 2.06. The van der Waals surface area contributed by atoms with Gasteiger partial charge in [-0.1, -0.05) is 18.2 Å². The fourth-order valence-corrected chi connectivity index (χ4v) is 1.97. The smallest absolute Gasteiger partial charge is 0.191 e. The minimum Gasteiger partial charge on any atom is -0.357 e. The molecule has 0 fully saturated rings. The quantitative estimate of drug-likeness (QED) is 0.623. The predicted molar refractivity (Wildman–Crippen MR) is 83.9 cm³/mol. The maximum absolute atomic E-state index is 13.5. The van der Waals surface area contributed by atoms with Crippen LogP contribution in [0.25, 0.3) is 0 Å². The van der Waals surface area contributed by atoms with Crippen molar-refractivity contribution in [2.75, 3.05) is 13.1 Å².